The Labute approximate surface area is 149 Å². The van der Waals surface area contributed by atoms with E-state index in [0.29, 0.717) is 12.8 Å². The zero-order chi connectivity index (χ0) is 17.5. The van der Waals surface area contributed by atoms with Gasteiger partial charge in [0.25, 0.3) is 0 Å². The van der Waals surface area contributed by atoms with Crippen molar-refractivity contribution in [3.05, 3.63) is 89.7 Å². The Morgan fingerprint density at radius 2 is 1.72 bits per heavy atom. The summed E-state index contributed by atoms with van der Waals surface area (Å²) in [5, 5.41) is 0. The van der Waals surface area contributed by atoms with Crippen LogP contribution < -0.4 is 0 Å². The van der Waals surface area contributed by atoms with E-state index in [9.17, 15) is 4.79 Å². The highest BCUT2D eigenvalue weighted by molar-refractivity contribution is 5.80. The molecule has 0 atom stereocenters. The molecule has 0 aliphatic rings. The Bertz CT molecular complexity index is 822. The van der Waals surface area contributed by atoms with E-state index >= 15 is 0 Å². The Morgan fingerprint density at radius 3 is 2.44 bits per heavy atom. The second-order valence-corrected chi connectivity index (χ2v) is 6.44. The van der Waals surface area contributed by atoms with Crippen LogP contribution in [0.2, 0.25) is 0 Å². The molecule has 2 aromatic carbocycles. The molecule has 0 aliphatic carbocycles. The van der Waals surface area contributed by atoms with Crippen LogP contribution in [0.3, 0.4) is 0 Å². The molecule has 1 aromatic heterocycles. The van der Waals surface area contributed by atoms with Crippen LogP contribution in [0.15, 0.2) is 73.1 Å². The minimum Gasteiger partial charge on any atom is -0.299 e. The van der Waals surface area contributed by atoms with Gasteiger partial charge in [0.15, 0.2) is 0 Å². The molecule has 0 aliphatic heterocycles. The standard InChI is InChI=1S/C23H23NO/c1-18-6-2-3-10-23(18)21-13-11-19(12-14-21)7-4-9-22(25)16-20-8-5-15-24-17-20/h2-3,5-6,8,10-15,17H,4,7,9,16H2,1H3. The summed E-state index contributed by atoms with van der Waals surface area (Å²) >= 11 is 0. The molecule has 2 heteroatoms. The zero-order valence-corrected chi connectivity index (χ0v) is 14.6. The second kappa shape index (κ2) is 8.39. The first-order chi connectivity index (χ1) is 12.2. The number of Topliss-reactive ketones (excluding diaryl/α,β-unsaturated/α-hetero) is 1. The molecule has 3 aromatic rings. The minimum atomic E-state index is 0.282. The third kappa shape index (κ3) is 4.87. The van der Waals surface area contributed by atoms with E-state index < -0.39 is 0 Å². The number of rotatable bonds is 7. The first-order valence-corrected chi connectivity index (χ1v) is 8.78. The van der Waals surface area contributed by atoms with Crippen molar-refractivity contribution < 1.29 is 4.79 Å². The fourth-order valence-corrected chi connectivity index (χ4v) is 3.06. The second-order valence-electron chi connectivity index (χ2n) is 6.44. The molecule has 0 fully saturated rings. The molecule has 126 valence electrons. The van der Waals surface area contributed by atoms with Gasteiger partial charge in [-0.25, -0.2) is 0 Å². The van der Waals surface area contributed by atoms with Gasteiger partial charge < -0.3 is 0 Å². The van der Waals surface area contributed by atoms with E-state index in [1.54, 1.807) is 12.4 Å². The molecule has 2 nitrogen and oxygen atoms in total. The van der Waals surface area contributed by atoms with Gasteiger partial charge in [-0.3, -0.25) is 9.78 Å². The molecule has 0 saturated carbocycles. The summed E-state index contributed by atoms with van der Waals surface area (Å²) < 4.78 is 0. The number of aryl methyl sites for hydroxylation is 2. The lowest BCUT2D eigenvalue weighted by Crippen LogP contribution is -2.03. The zero-order valence-electron chi connectivity index (χ0n) is 14.6. The summed E-state index contributed by atoms with van der Waals surface area (Å²) in [5.74, 6) is 0.282. The van der Waals surface area contributed by atoms with E-state index in [4.69, 9.17) is 0 Å². The van der Waals surface area contributed by atoms with Crippen molar-refractivity contribution in [1.82, 2.24) is 4.98 Å². The third-order valence-corrected chi connectivity index (χ3v) is 4.46. The summed E-state index contributed by atoms with van der Waals surface area (Å²) in [4.78, 5) is 16.1. The minimum absolute atomic E-state index is 0.282. The predicted octanol–water partition coefficient (Wildman–Crippen LogP) is 5.19. The molecule has 0 amide bonds. The molecule has 0 N–H and O–H groups in total. The van der Waals surface area contributed by atoms with Gasteiger partial charge in [0.05, 0.1) is 0 Å². The van der Waals surface area contributed by atoms with Crippen LogP contribution in [-0.4, -0.2) is 10.8 Å². The van der Waals surface area contributed by atoms with Gasteiger partial charge in [0.1, 0.15) is 5.78 Å². The maximum atomic E-state index is 12.1. The molecule has 25 heavy (non-hydrogen) atoms. The number of pyridine rings is 1. The van der Waals surface area contributed by atoms with Crippen LogP contribution >= 0.6 is 0 Å². The van der Waals surface area contributed by atoms with E-state index in [0.717, 1.165) is 18.4 Å². The van der Waals surface area contributed by atoms with Crippen molar-refractivity contribution in [2.45, 2.75) is 32.6 Å². The molecule has 0 saturated heterocycles. The highest BCUT2D eigenvalue weighted by Crippen LogP contribution is 2.23. The Morgan fingerprint density at radius 1 is 0.920 bits per heavy atom. The molecular formula is C23H23NO. The van der Waals surface area contributed by atoms with E-state index in [1.807, 2.05) is 12.1 Å². The van der Waals surface area contributed by atoms with Gasteiger partial charge in [-0.1, -0.05) is 54.6 Å². The van der Waals surface area contributed by atoms with Gasteiger partial charge in [-0.05, 0) is 53.6 Å². The first-order valence-electron chi connectivity index (χ1n) is 8.78. The van der Waals surface area contributed by atoms with Crippen LogP contribution in [0, 0.1) is 6.92 Å². The smallest absolute Gasteiger partial charge is 0.137 e. The molecular weight excluding hydrogens is 306 g/mol. The van der Waals surface area contributed by atoms with Crippen LogP contribution in [0.25, 0.3) is 11.1 Å². The van der Waals surface area contributed by atoms with Gasteiger partial charge in [0.2, 0.25) is 0 Å². The number of hydrogen-bond acceptors (Lipinski definition) is 2. The SMILES string of the molecule is Cc1ccccc1-c1ccc(CCCC(=O)Cc2cccnc2)cc1. The average molecular weight is 329 g/mol. The normalized spacial score (nSPS) is 10.6. The third-order valence-electron chi connectivity index (χ3n) is 4.46. The van der Waals surface area contributed by atoms with Crippen molar-refractivity contribution in [2.75, 3.05) is 0 Å². The van der Waals surface area contributed by atoms with E-state index in [1.165, 1.54) is 22.3 Å². The lowest BCUT2D eigenvalue weighted by molar-refractivity contribution is -0.118. The quantitative estimate of drug-likeness (QED) is 0.597. The number of nitrogens with zero attached hydrogens (tertiary/aromatic N) is 1. The van der Waals surface area contributed by atoms with E-state index in [2.05, 4.69) is 60.4 Å². The van der Waals surface area contributed by atoms with Gasteiger partial charge in [-0.15, -0.1) is 0 Å². The predicted molar refractivity (Wildman–Crippen MR) is 103 cm³/mol. The van der Waals surface area contributed by atoms with Gasteiger partial charge >= 0.3 is 0 Å². The lowest BCUT2D eigenvalue weighted by atomic mass is 9.98. The lowest BCUT2D eigenvalue weighted by Gasteiger charge is -2.07. The first kappa shape index (κ1) is 17.1. The maximum Gasteiger partial charge on any atom is 0.137 e. The summed E-state index contributed by atoms with van der Waals surface area (Å²) in [7, 11) is 0. The fourth-order valence-electron chi connectivity index (χ4n) is 3.06. The van der Waals surface area contributed by atoms with Crippen LogP contribution in [0.4, 0.5) is 0 Å². The monoisotopic (exact) mass is 329 g/mol. The van der Waals surface area contributed by atoms with Crippen molar-refractivity contribution in [1.29, 1.82) is 0 Å². The van der Waals surface area contributed by atoms with Crippen LogP contribution in [0.1, 0.15) is 29.5 Å². The van der Waals surface area contributed by atoms with Crippen LogP contribution in [-0.2, 0) is 17.6 Å². The number of ketones is 1. The number of aromatic nitrogens is 1. The van der Waals surface area contributed by atoms with Crippen LogP contribution in [0.5, 0.6) is 0 Å². The molecule has 0 radical (unpaired) electrons. The molecule has 3 rings (SSSR count). The summed E-state index contributed by atoms with van der Waals surface area (Å²) in [6.07, 6.45) is 6.43. The van der Waals surface area contributed by atoms with Gasteiger partial charge in [-0.2, -0.15) is 0 Å². The number of benzene rings is 2. The largest absolute Gasteiger partial charge is 0.299 e. The van der Waals surface area contributed by atoms with Crippen molar-refractivity contribution in [3.63, 3.8) is 0 Å². The molecule has 0 unspecified atom stereocenters. The van der Waals surface area contributed by atoms with Crippen molar-refractivity contribution in [2.24, 2.45) is 0 Å². The number of hydrogen-bond donors (Lipinski definition) is 0. The average Bonchev–Trinajstić information content (AvgIpc) is 2.64. The van der Waals surface area contributed by atoms with E-state index in [-0.39, 0.29) is 5.78 Å². The van der Waals surface area contributed by atoms with Gasteiger partial charge in [0, 0.05) is 25.2 Å². The Kier molecular flexibility index (Phi) is 5.73. The Balaban J connectivity index is 1.51. The topological polar surface area (TPSA) is 30.0 Å². The maximum absolute atomic E-state index is 12.1. The van der Waals surface area contributed by atoms with Crippen molar-refractivity contribution in [3.8, 4) is 11.1 Å². The summed E-state index contributed by atoms with van der Waals surface area (Å²) in [6.45, 7) is 2.14. The summed E-state index contributed by atoms with van der Waals surface area (Å²) in [6, 6.07) is 21.0. The summed E-state index contributed by atoms with van der Waals surface area (Å²) in [5.41, 5.74) is 6.09. The molecule has 1 heterocycles. The number of carbonyl (C=O) groups excluding carboxylic acids is 1. The fraction of sp³-hybridized carbons (Fsp3) is 0.217. The molecule has 0 bridgehead atoms. The highest BCUT2D eigenvalue weighted by atomic mass is 16.1. The Hall–Kier alpha value is -2.74. The highest BCUT2D eigenvalue weighted by Gasteiger charge is 2.05. The number of carbonyl (C=O) groups is 1. The molecule has 0 spiro atoms. The van der Waals surface area contributed by atoms with Crippen molar-refractivity contribution >= 4 is 5.78 Å².